The van der Waals surface area contributed by atoms with Gasteiger partial charge in [-0.25, -0.2) is 0 Å². The molecule has 1 N–H and O–H groups in total. The third-order valence-electron chi connectivity index (χ3n) is 4.67. The minimum Gasteiger partial charge on any atom is -0.494 e. The fourth-order valence-corrected chi connectivity index (χ4v) is 3.27. The van der Waals surface area contributed by atoms with Gasteiger partial charge in [-0.1, -0.05) is 13.0 Å². The van der Waals surface area contributed by atoms with Crippen molar-refractivity contribution in [2.24, 2.45) is 0 Å². The maximum Gasteiger partial charge on any atom is 0.270 e. The van der Waals surface area contributed by atoms with E-state index < -0.39 is 4.92 Å². The Morgan fingerprint density at radius 3 is 2.78 bits per heavy atom. The zero-order chi connectivity index (χ0) is 19.4. The van der Waals surface area contributed by atoms with Crippen molar-refractivity contribution >= 4 is 17.3 Å². The molecule has 0 atom stereocenters. The maximum absolute atomic E-state index is 12.3. The molecule has 0 aromatic heterocycles. The second-order valence-corrected chi connectivity index (χ2v) is 6.49. The molecule has 2 aromatic rings. The summed E-state index contributed by atoms with van der Waals surface area (Å²) in [6.45, 7) is 4.14. The molecule has 0 fully saturated rings. The highest BCUT2D eigenvalue weighted by Crippen LogP contribution is 2.31. The number of carbonyl (C=O) groups excluding carboxylic acids is 1. The molecule has 27 heavy (non-hydrogen) atoms. The predicted octanol–water partition coefficient (Wildman–Crippen LogP) is 3.31. The fourth-order valence-electron chi connectivity index (χ4n) is 3.27. The summed E-state index contributed by atoms with van der Waals surface area (Å²) in [7, 11) is 1.52. The molecule has 7 heteroatoms. The van der Waals surface area contributed by atoms with Gasteiger partial charge in [0.05, 0.1) is 22.8 Å². The van der Waals surface area contributed by atoms with Crippen LogP contribution in [0.2, 0.25) is 0 Å². The number of benzene rings is 2. The molecule has 1 amide bonds. The van der Waals surface area contributed by atoms with Gasteiger partial charge >= 0.3 is 0 Å². The molecule has 142 valence electrons. The number of nitro benzene ring substituents is 1. The Kier molecular flexibility index (Phi) is 5.59. The standard InChI is InChI=1S/C20H23N3O4/c1-3-10-27-17-6-4-15-13-22(9-8-14(15)11-17)19-7-5-16(23(25)26)12-18(19)20(24)21-2/h4-7,11-12H,3,8-10,13H2,1-2H3,(H,21,24). The Morgan fingerprint density at radius 1 is 1.26 bits per heavy atom. The summed E-state index contributed by atoms with van der Waals surface area (Å²) in [6, 6.07) is 10.5. The molecule has 1 aliphatic rings. The number of amides is 1. The van der Waals surface area contributed by atoms with Crippen molar-refractivity contribution < 1.29 is 14.5 Å². The van der Waals surface area contributed by atoms with Crippen molar-refractivity contribution in [1.82, 2.24) is 5.32 Å². The second kappa shape index (κ2) is 8.07. The van der Waals surface area contributed by atoms with Crippen molar-refractivity contribution in [2.45, 2.75) is 26.3 Å². The van der Waals surface area contributed by atoms with Crippen LogP contribution in [0.1, 0.15) is 34.8 Å². The van der Waals surface area contributed by atoms with Crippen molar-refractivity contribution in [2.75, 3.05) is 25.1 Å². The van der Waals surface area contributed by atoms with E-state index >= 15 is 0 Å². The lowest BCUT2D eigenvalue weighted by Crippen LogP contribution is -2.32. The van der Waals surface area contributed by atoms with Crippen molar-refractivity contribution in [3.8, 4) is 5.75 Å². The second-order valence-electron chi connectivity index (χ2n) is 6.49. The van der Waals surface area contributed by atoms with Crippen LogP contribution in [-0.4, -0.2) is 31.0 Å². The Hall–Kier alpha value is -3.09. The maximum atomic E-state index is 12.3. The smallest absolute Gasteiger partial charge is 0.270 e. The van der Waals surface area contributed by atoms with E-state index in [9.17, 15) is 14.9 Å². The summed E-state index contributed by atoms with van der Waals surface area (Å²) in [4.78, 5) is 24.9. The summed E-state index contributed by atoms with van der Waals surface area (Å²) in [5.41, 5.74) is 3.34. The minimum atomic E-state index is -0.487. The van der Waals surface area contributed by atoms with Crippen LogP contribution in [0.15, 0.2) is 36.4 Å². The van der Waals surface area contributed by atoms with Gasteiger partial charge in [0, 0.05) is 32.3 Å². The van der Waals surface area contributed by atoms with Crippen LogP contribution in [0.5, 0.6) is 5.75 Å². The molecular weight excluding hydrogens is 346 g/mol. The van der Waals surface area contributed by atoms with Crippen LogP contribution in [0.4, 0.5) is 11.4 Å². The topological polar surface area (TPSA) is 84.7 Å². The summed E-state index contributed by atoms with van der Waals surface area (Å²) in [5, 5.41) is 13.6. The molecule has 1 aliphatic heterocycles. The number of nitrogens with zero attached hydrogens (tertiary/aromatic N) is 2. The highest BCUT2D eigenvalue weighted by atomic mass is 16.6. The number of non-ortho nitro benzene ring substituents is 1. The molecule has 0 bridgehead atoms. The summed E-state index contributed by atoms with van der Waals surface area (Å²) in [6.07, 6.45) is 1.79. The fraction of sp³-hybridized carbons (Fsp3) is 0.350. The van der Waals surface area contributed by atoms with E-state index in [4.69, 9.17) is 4.74 Å². The quantitative estimate of drug-likeness (QED) is 0.624. The van der Waals surface area contributed by atoms with Gasteiger partial charge < -0.3 is 15.0 Å². The molecule has 1 heterocycles. The number of rotatable bonds is 6. The van der Waals surface area contributed by atoms with E-state index in [1.807, 2.05) is 6.07 Å². The monoisotopic (exact) mass is 369 g/mol. The number of anilines is 1. The van der Waals surface area contributed by atoms with Crippen molar-refractivity contribution in [3.63, 3.8) is 0 Å². The zero-order valence-electron chi connectivity index (χ0n) is 15.5. The van der Waals surface area contributed by atoms with Crippen LogP contribution >= 0.6 is 0 Å². The molecule has 0 saturated carbocycles. The third-order valence-corrected chi connectivity index (χ3v) is 4.67. The zero-order valence-corrected chi connectivity index (χ0v) is 15.5. The lowest BCUT2D eigenvalue weighted by molar-refractivity contribution is -0.384. The first-order valence-electron chi connectivity index (χ1n) is 9.03. The minimum absolute atomic E-state index is 0.0903. The van der Waals surface area contributed by atoms with E-state index in [0.29, 0.717) is 24.4 Å². The average molecular weight is 369 g/mol. The number of nitrogens with one attached hydrogen (secondary N) is 1. The Morgan fingerprint density at radius 2 is 2.07 bits per heavy atom. The molecule has 0 saturated heterocycles. The van der Waals surface area contributed by atoms with E-state index in [2.05, 4.69) is 29.3 Å². The molecule has 2 aromatic carbocycles. The first kappa shape index (κ1) is 18.7. The highest BCUT2D eigenvalue weighted by Gasteiger charge is 2.23. The lowest BCUT2D eigenvalue weighted by atomic mass is 9.98. The SMILES string of the molecule is CCCOc1ccc2c(c1)CCN(c1ccc([N+](=O)[O-])cc1C(=O)NC)C2. The molecule has 0 unspecified atom stereocenters. The van der Waals surface area contributed by atoms with Gasteiger partial charge in [-0.05, 0) is 42.2 Å². The number of hydrogen-bond donors (Lipinski definition) is 1. The molecule has 3 rings (SSSR count). The third kappa shape index (κ3) is 4.02. The van der Waals surface area contributed by atoms with Gasteiger partial charge in [-0.15, -0.1) is 0 Å². The van der Waals surface area contributed by atoms with Gasteiger partial charge in [0.15, 0.2) is 0 Å². The normalized spacial score (nSPS) is 13.0. The molecule has 0 aliphatic carbocycles. The Bertz CT molecular complexity index is 866. The average Bonchev–Trinajstić information content (AvgIpc) is 2.70. The molecular formula is C20H23N3O4. The summed E-state index contributed by atoms with van der Waals surface area (Å²) < 4.78 is 5.70. The van der Waals surface area contributed by atoms with E-state index in [1.165, 1.54) is 30.3 Å². The van der Waals surface area contributed by atoms with Gasteiger partial charge in [-0.3, -0.25) is 14.9 Å². The van der Waals surface area contributed by atoms with Crippen molar-refractivity contribution in [3.05, 3.63) is 63.2 Å². The number of fused-ring (bicyclic) bond motifs is 1. The van der Waals surface area contributed by atoms with Gasteiger partial charge in [0.2, 0.25) is 0 Å². The first-order valence-corrected chi connectivity index (χ1v) is 9.03. The van der Waals surface area contributed by atoms with Crippen LogP contribution in [0.25, 0.3) is 0 Å². The van der Waals surface area contributed by atoms with E-state index in [0.717, 1.165) is 25.1 Å². The predicted molar refractivity (Wildman–Crippen MR) is 103 cm³/mol. The van der Waals surface area contributed by atoms with Crippen LogP contribution in [0.3, 0.4) is 0 Å². The Labute approximate surface area is 158 Å². The molecule has 0 radical (unpaired) electrons. The van der Waals surface area contributed by atoms with Gasteiger partial charge in [0.1, 0.15) is 5.75 Å². The van der Waals surface area contributed by atoms with Crippen LogP contribution < -0.4 is 15.0 Å². The van der Waals surface area contributed by atoms with E-state index in [-0.39, 0.29) is 11.6 Å². The number of carbonyl (C=O) groups is 1. The summed E-state index contributed by atoms with van der Waals surface area (Å²) in [5.74, 6) is 0.549. The first-order chi connectivity index (χ1) is 13.0. The Balaban J connectivity index is 1.88. The number of nitro groups is 1. The largest absolute Gasteiger partial charge is 0.494 e. The molecule has 0 spiro atoms. The number of hydrogen-bond acceptors (Lipinski definition) is 5. The van der Waals surface area contributed by atoms with Gasteiger partial charge in [0.25, 0.3) is 11.6 Å². The number of ether oxygens (including phenoxy) is 1. The summed E-state index contributed by atoms with van der Waals surface area (Å²) >= 11 is 0. The van der Waals surface area contributed by atoms with Crippen molar-refractivity contribution in [1.29, 1.82) is 0 Å². The van der Waals surface area contributed by atoms with Crippen LogP contribution in [-0.2, 0) is 13.0 Å². The highest BCUT2D eigenvalue weighted by molar-refractivity contribution is 6.00. The van der Waals surface area contributed by atoms with Gasteiger partial charge in [-0.2, -0.15) is 0 Å². The molecule has 7 nitrogen and oxygen atoms in total. The van der Waals surface area contributed by atoms with E-state index in [1.54, 1.807) is 6.07 Å². The van der Waals surface area contributed by atoms with Crippen LogP contribution in [0, 0.1) is 10.1 Å². The lowest BCUT2D eigenvalue weighted by Gasteiger charge is -2.32.